The zero-order valence-electron chi connectivity index (χ0n) is 11.6. The van der Waals surface area contributed by atoms with Crippen LogP contribution in [-0.2, 0) is 62.4 Å². The number of aryl methyl sites for hydroxylation is 1. The molecule has 6 heteroatoms. The van der Waals surface area contributed by atoms with Crippen molar-refractivity contribution in [2.45, 2.75) is 50.3 Å². The van der Waals surface area contributed by atoms with Gasteiger partial charge in [-0.2, -0.15) is 0 Å². The summed E-state index contributed by atoms with van der Waals surface area (Å²) >= 11 is 0. The topological polar surface area (TPSA) is 57.2 Å². The van der Waals surface area contributed by atoms with E-state index in [9.17, 15) is 0 Å². The van der Waals surface area contributed by atoms with Crippen LogP contribution in [-0.4, -0.2) is 15.2 Å². The van der Waals surface area contributed by atoms with Crippen molar-refractivity contribution in [1.82, 2.24) is 4.98 Å². The van der Waals surface area contributed by atoms with Gasteiger partial charge in [0.25, 0.3) is 0 Å². The fraction of sp³-hybridized carbons (Fsp3) is 0.421. The zero-order valence-corrected chi connectivity index (χ0v) is 17.5. The predicted octanol–water partition coefficient (Wildman–Crippen LogP) is 4.20. The summed E-state index contributed by atoms with van der Waals surface area (Å²) < 4.78 is 1.93. The van der Waals surface area contributed by atoms with Gasteiger partial charge in [0.2, 0.25) is 0 Å². The van der Waals surface area contributed by atoms with Gasteiger partial charge >= 0.3 is 0 Å². The average molecular weight is 696 g/mol. The first kappa shape index (κ1) is 49.7. The number of nitrogens with zero attached hydrogens (tertiary/aromatic N) is 2. The van der Waals surface area contributed by atoms with Gasteiger partial charge in [0, 0.05) is 66.7 Å². The maximum absolute atomic E-state index is 8.62. The van der Waals surface area contributed by atoms with Gasteiger partial charge in [0.1, 0.15) is 7.05 Å². The molecule has 0 aliphatic carbocycles. The third-order valence-corrected chi connectivity index (χ3v) is 2.16. The molecule has 2 N–H and O–H groups in total. The van der Waals surface area contributed by atoms with E-state index in [-0.39, 0.29) is 99.9 Å². The third kappa shape index (κ3) is 23.6. The first-order chi connectivity index (χ1) is 8.26. The minimum absolute atomic E-state index is 0. The summed E-state index contributed by atoms with van der Waals surface area (Å²) in [6, 6.07) is 7.33. The maximum atomic E-state index is 8.62. The standard InChI is InChI=1S/C7H10NO.C6H7NO.5CH4.CH3.2W/c1-8-4-2-7(6-9)3-5-8;8-5-6-1-3-7-4-2-6;;;;;;;;/h2-5,9H,6H2,1H3;1-4,8H,5H2;5*1H4;1H3;;/q+1;;;;;;;-1;;. The Labute approximate surface area is 186 Å². The van der Waals surface area contributed by atoms with Crippen LogP contribution in [0.25, 0.3) is 0 Å². The molecule has 0 bridgehead atoms. The van der Waals surface area contributed by atoms with Crippen molar-refractivity contribution in [2.75, 3.05) is 0 Å². The first-order valence-corrected chi connectivity index (χ1v) is 5.31. The minimum atomic E-state index is 0. The van der Waals surface area contributed by atoms with Crippen LogP contribution in [0.3, 0.4) is 0 Å². The Morgan fingerprint density at radius 1 is 0.760 bits per heavy atom. The van der Waals surface area contributed by atoms with Crippen LogP contribution in [0.15, 0.2) is 49.1 Å². The molecule has 0 aliphatic heterocycles. The fourth-order valence-electron chi connectivity index (χ4n) is 1.13. The van der Waals surface area contributed by atoms with E-state index in [2.05, 4.69) is 4.98 Å². The molecule has 150 valence electrons. The third-order valence-electron chi connectivity index (χ3n) is 2.16. The normalized spacial score (nSPS) is 6.36. The van der Waals surface area contributed by atoms with Gasteiger partial charge in [-0.1, -0.05) is 37.1 Å². The smallest absolute Gasteiger partial charge is 0.168 e. The second-order valence-corrected chi connectivity index (χ2v) is 3.54. The van der Waals surface area contributed by atoms with E-state index in [0.29, 0.717) is 0 Å². The fourth-order valence-corrected chi connectivity index (χ4v) is 1.13. The second-order valence-electron chi connectivity index (χ2n) is 3.54. The quantitative estimate of drug-likeness (QED) is 0.366. The van der Waals surface area contributed by atoms with Crippen molar-refractivity contribution in [2.24, 2.45) is 7.05 Å². The SMILES string of the molecule is C.C.C.C.C.C[n+]1ccc(CO)cc1.OCc1ccncc1.[CH3-].[W].[W]. The molecule has 4 nitrogen and oxygen atoms in total. The maximum Gasteiger partial charge on any atom is 0.168 e. The first-order valence-electron chi connectivity index (χ1n) is 5.31. The monoisotopic (exact) mass is 696 g/mol. The van der Waals surface area contributed by atoms with E-state index >= 15 is 0 Å². The van der Waals surface area contributed by atoms with Crippen molar-refractivity contribution in [1.29, 1.82) is 0 Å². The Morgan fingerprint density at radius 3 is 1.36 bits per heavy atom. The van der Waals surface area contributed by atoms with Gasteiger partial charge in [-0.15, -0.1) is 0 Å². The molecule has 0 unspecified atom stereocenters. The zero-order chi connectivity index (χ0) is 12.5. The molecule has 0 aliphatic rings. The average Bonchev–Trinajstić information content (AvgIpc) is 2.41. The van der Waals surface area contributed by atoms with Crippen molar-refractivity contribution < 1.29 is 56.9 Å². The van der Waals surface area contributed by atoms with Crippen LogP contribution in [0, 0.1) is 7.43 Å². The molecule has 2 aromatic heterocycles. The molecule has 0 spiro atoms. The van der Waals surface area contributed by atoms with Crippen molar-refractivity contribution in [3.05, 3.63) is 67.6 Å². The van der Waals surface area contributed by atoms with Gasteiger partial charge in [0.15, 0.2) is 12.4 Å². The number of rotatable bonds is 2. The molecule has 2 aromatic rings. The van der Waals surface area contributed by atoms with E-state index in [4.69, 9.17) is 10.2 Å². The molecular weight excluding hydrogens is 656 g/mol. The van der Waals surface area contributed by atoms with Gasteiger partial charge in [-0.25, -0.2) is 4.57 Å². The molecular formula is C19H40N2O2W2. The Kier molecular flexibility index (Phi) is 62.4. The van der Waals surface area contributed by atoms with Crippen molar-refractivity contribution >= 4 is 0 Å². The summed E-state index contributed by atoms with van der Waals surface area (Å²) in [6.07, 6.45) is 7.13. The van der Waals surface area contributed by atoms with E-state index in [0.717, 1.165) is 11.1 Å². The largest absolute Gasteiger partial charge is 0.392 e. The summed E-state index contributed by atoms with van der Waals surface area (Å²) in [6.45, 7) is 0.226. The number of hydrogen-bond donors (Lipinski definition) is 2. The Balaban J connectivity index is -0.0000000293. The van der Waals surface area contributed by atoms with Crippen LogP contribution < -0.4 is 4.57 Å². The summed E-state index contributed by atoms with van der Waals surface area (Å²) in [7, 11) is 1.95. The number of aliphatic hydroxyl groups is 2. The minimum Gasteiger partial charge on any atom is -0.392 e. The van der Waals surface area contributed by atoms with Gasteiger partial charge in [-0.05, 0) is 23.3 Å². The Morgan fingerprint density at radius 2 is 1.08 bits per heavy atom. The molecule has 2 heterocycles. The predicted molar refractivity (Wildman–Crippen MR) is 104 cm³/mol. The molecule has 0 aromatic carbocycles. The summed E-state index contributed by atoms with van der Waals surface area (Å²) in [5.41, 5.74) is 1.85. The number of aliphatic hydroxyl groups excluding tert-OH is 2. The molecule has 25 heavy (non-hydrogen) atoms. The van der Waals surface area contributed by atoms with Crippen molar-refractivity contribution in [3.8, 4) is 0 Å². The molecule has 0 fully saturated rings. The van der Waals surface area contributed by atoms with Crippen LogP contribution >= 0.6 is 0 Å². The van der Waals surface area contributed by atoms with Crippen LogP contribution in [0.4, 0.5) is 0 Å². The summed E-state index contributed by atoms with van der Waals surface area (Å²) in [5, 5.41) is 17.1. The van der Waals surface area contributed by atoms with E-state index < -0.39 is 0 Å². The molecule has 0 radical (unpaired) electrons. The van der Waals surface area contributed by atoms with Gasteiger partial charge in [-0.3, -0.25) is 4.98 Å². The molecule has 0 saturated heterocycles. The Bertz CT molecular complexity index is 427. The number of hydrogen-bond acceptors (Lipinski definition) is 3. The molecule has 0 amide bonds. The van der Waals surface area contributed by atoms with Gasteiger partial charge < -0.3 is 17.6 Å². The van der Waals surface area contributed by atoms with E-state index in [1.807, 2.05) is 36.1 Å². The summed E-state index contributed by atoms with van der Waals surface area (Å²) in [4.78, 5) is 3.78. The van der Waals surface area contributed by atoms with Crippen LogP contribution in [0.5, 0.6) is 0 Å². The van der Waals surface area contributed by atoms with E-state index in [1.165, 1.54) is 0 Å². The molecule has 0 atom stereocenters. The van der Waals surface area contributed by atoms with Crippen molar-refractivity contribution in [3.63, 3.8) is 0 Å². The van der Waals surface area contributed by atoms with E-state index in [1.54, 1.807) is 24.5 Å². The van der Waals surface area contributed by atoms with Crippen LogP contribution in [0.2, 0.25) is 0 Å². The number of aromatic nitrogens is 2. The molecule has 0 saturated carbocycles. The van der Waals surface area contributed by atoms with Crippen LogP contribution in [0.1, 0.15) is 48.3 Å². The van der Waals surface area contributed by atoms with Gasteiger partial charge in [0.05, 0.1) is 13.2 Å². The molecule has 2 rings (SSSR count). The summed E-state index contributed by atoms with van der Waals surface area (Å²) in [5.74, 6) is 0. The Hall–Kier alpha value is -0.403. The number of pyridine rings is 2. The second kappa shape index (κ2) is 31.4.